The lowest BCUT2D eigenvalue weighted by Crippen LogP contribution is -2.40. The van der Waals surface area contributed by atoms with E-state index in [9.17, 15) is 9.59 Å². The molecule has 0 bridgehead atoms. The number of nitrogens with zero attached hydrogens (tertiary/aromatic N) is 2. The molecule has 1 atom stereocenters. The maximum atomic E-state index is 14.1. The van der Waals surface area contributed by atoms with Gasteiger partial charge in [-0.15, -0.1) is 6.42 Å². The van der Waals surface area contributed by atoms with E-state index >= 15 is 0 Å². The topological polar surface area (TPSA) is 88.3 Å². The van der Waals surface area contributed by atoms with Gasteiger partial charge in [-0.05, 0) is 86.2 Å². The van der Waals surface area contributed by atoms with Crippen LogP contribution in [0.4, 0.5) is 0 Å². The van der Waals surface area contributed by atoms with Crippen LogP contribution in [0.2, 0.25) is 0 Å². The highest BCUT2D eigenvalue weighted by atomic mass is 127. The van der Waals surface area contributed by atoms with Gasteiger partial charge >= 0.3 is 5.97 Å². The molecule has 0 unspecified atom stereocenters. The molecule has 2 aromatic carbocycles. The number of halogens is 2. The highest BCUT2D eigenvalue weighted by molar-refractivity contribution is 14.1. The molecule has 0 fully saturated rings. The third-order valence-electron chi connectivity index (χ3n) is 6.01. The highest BCUT2D eigenvalue weighted by Crippen LogP contribution is 2.37. The van der Waals surface area contributed by atoms with Crippen molar-refractivity contribution < 1.29 is 23.7 Å². The van der Waals surface area contributed by atoms with E-state index in [0.29, 0.717) is 43.4 Å². The smallest absolute Gasteiger partial charge is 0.338 e. The average molecular weight is 751 g/mol. The Bertz CT molecular complexity index is 1750. The van der Waals surface area contributed by atoms with Crippen molar-refractivity contribution in [3.05, 3.63) is 80.5 Å². The molecular formula is C30H28BrIN2O6S. The van der Waals surface area contributed by atoms with Crippen molar-refractivity contribution in [2.75, 3.05) is 20.3 Å². The lowest BCUT2D eigenvalue weighted by Gasteiger charge is -2.25. The fraction of sp³-hybridized carbons (Fsp3) is 0.300. The summed E-state index contributed by atoms with van der Waals surface area (Å²) < 4.78 is 26.3. The number of fused-ring (bicyclic) bond motifs is 1. The normalized spacial score (nSPS) is 14.8. The molecule has 0 aliphatic carbocycles. The lowest BCUT2D eigenvalue weighted by atomic mass is 9.95. The number of hydrogen-bond acceptors (Lipinski definition) is 8. The first kappa shape index (κ1) is 30.9. The number of carbonyl (C=O) groups is 1. The molecular weight excluding hydrogens is 723 g/mol. The fourth-order valence-corrected chi connectivity index (χ4v) is 7.15. The van der Waals surface area contributed by atoms with Crippen LogP contribution in [0.3, 0.4) is 0 Å². The zero-order valence-corrected chi connectivity index (χ0v) is 27.7. The van der Waals surface area contributed by atoms with Crippen LogP contribution in [-0.2, 0) is 9.53 Å². The number of ether oxygens (including phenoxy) is 4. The molecule has 1 aliphatic rings. The monoisotopic (exact) mass is 750 g/mol. The summed E-state index contributed by atoms with van der Waals surface area (Å²) in [5.41, 5.74) is 1.77. The molecule has 0 saturated heterocycles. The fourth-order valence-electron chi connectivity index (χ4n) is 4.41. The minimum atomic E-state index is -0.797. The molecule has 1 aromatic heterocycles. The van der Waals surface area contributed by atoms with Crippen LogP contribution in [0.15, 0.2) is 55.9 Å². The molecule has 2 heterocycles. The summed E-state index contributed by atoms with van der Waals surface area (Å²) in [7, 11) is 1.55. The summed E-state index contributed by atoms with van der Waals surface area (Å²) in [6.07, 6.45) is 7.11. The van der Waals surface area contributed by atoms with E-state index in [1.165, 1.54) is 15.9 Å². The van der Waals surface area contributed by atoms with E-state index in [2.05, 4.69) is 49.4 Å². The Morgan fingerprint density at radius 1 is 1.29 bits per heavy atom. The van der Waals surface area contributed by atoms with Crippen LogP contribution in [0, 0.1) is 15.9 Å². The van der Waals surface area contributed by atoms with Gasteiger partial charge in [-0.3, -0.25) is 9.36 Å². The third-order valence-corrected chi connectivity index (χ3v) is 8.25. The summed E-state index contributed by atoms with van der Waals surface area (Å²) in [5.74, 6) is 3.55. The first-order valence-corrected chi connectivity index (χ1v) is 15.4. The Morgan fingerprint density at radius 3 is 2.71 bits per heavy atom. The Balaban J connectivity index is 1.97. The van der Waals surface area contributed by atoms with Crippen molar-refractivity contribution in [3.8, 4) is 29.6 Å². The average Bonchev–Trinajstić information content (AvgIpc) is 3.21. The number of terminal acetylenes is 1. The van der Waals surface area contributed by atoms with E-state index in [-0.39, 0.29) is 30.5 Å². The van der Waals surface area contributed by atoms with Crippen molar-refractivity contribution in [3.63, 3.8) is 0 Å². The van der Waals surface area contributed by atoms with Crippen LogP contribution in [0.25, 0.3) is 6.08 Å². The molecule has 11 heteroatoms. The second-order valence-corrected chi connectivity index (χ2v) is 12.3. The van der Waals surface area contributed by atoms with Gasteiger partial charge in [-0.25, -0.2) is 9.79 Å². The Hall–Kier alpha value is -3.08. The molecule has 0 spiro atoms. The molecule has 0 saturated carbocycles. The van der Waals surface area contributed by atoms with Crippen molar-refractivity contribution in [1.82, 2.24) is 4.57 Å². The van der Waals surface area contributed by atoms with Gasteiger partial charge in [0, 0.05) is 10.0 Å². The van der Waals surface area contributed by atoms with Crippen LogP contribution >= 0.6 is 49.9 Å². The van der Waals surface area contributed by atoms with Crippen LogP contribution < -0.4 is 29.1 Å². The van der Waals surface area contributed by atoms with Crippen molar-refractivity contribution >= 4 is 61.9 Å². The zero-order valence-electron chi connectivity index (χ0n) is 23.1. The van der Waals surface area contributed by atoms with E-state index in [1.807, 2.05) is 32.0 Å². The first-order chi connectivity index (χ1) is 19.6. The van der Waals surface area contributed by atoms with Gasteiger partial charge in [0.05, 0.1) is 45.2 Å². The van der Waals surface area contributed by atoms with Gasteiger partial charge in [0.2, 0.25) is 0 Å². The molecule has 41 heavy (non-hydrogen) atoms. The van der Waals surface area contributed by atoms with Crippen molar-refractivity contribution in [2.24, 2.45) is 4.99 Å². The second kappa shape index (κ2) is 13.3. The molecule has 214 valence electrons. The number of methoxy groups -OCH3 is 1. The summed E-state index contributed by atoms with van der Waals surface area (Å²) in [4.78, 5) is 32.4. The summed E-state index contributed by atoms with van der Waals surface area (Å²) in [6.45, 7) is 7.58. The number of esters is 1. The summed E-state index contributed by atoms with van der Waals surface area (Å²) in [5, 5.41) is 0. The minimum Gasteiger partial charge on any atom is -0.493 e. The van der Waals surface area contributed by atoms with Crippen LogP contribution in [0.1, 0.15) is 44.9 Å². The standard InChI is InChI=1S/C30H28BrIN2O6S/c1-7-11-39-27-19(12-20(31)15-21(27)32)14-24-28(35)34-26(18-9-10-22(40-16(3)4)23(13-18)37-6)25(29(36)38-8-2)17(5)33-30(34)41-24/h1,9-10,12-16,26H,8,11H2,2-6H3/b24-14+/t26-/m0/s1. The maximum Gasteiger partial charge on any atom is 0.338 e. The Labute approximate surface area is 264 Å². The quantitative estimate of drug-likeness (QED) is 0.175. The molecule has 4 rings (SSSR count). The SMILES string of the molecule is C#CCOc1c(I)cc(Br)cc1/C=c1/sc2n(c1=O)[C@@H](c1ccc(OC(C)C)c(OC)c1)C(C(=O)OCC)=C(C)N=2. The van der Waals surface area contributed by atoms with Crippen molar-refractivity contribution in [1.29, 1.82) is 0 Å². The van der Waals surface area contributed by atoms with Gasteiger partial charge in [-0.1, -0.05) is 39.3 Å². The molecule has 3 aromatic rings. The van der Waals surface area contributed by atoms with Gasteiger partial charge in [-0.2, -0.15) is 0 Å². The van der Waals surface area contributed by atoms with Gasteiger partial charge in [0.25, 0.3) is 5.56 Å². The number of aromatic nitrogens is 1. The third kappa shape index (κ3) is 6.55. The molecule has 0 amide bonds. The van der Waals surface area contributed by atoms with E-state index < -0.39 is 12.0 Å². The number of hydrogen-bond donors (Lipinski definition) is 0. The van der Waals surface area contributed by atoms with Crippen LogP contribution in [0.5, 0.6) is 17.2 Å². The van der Waals surface area contributed by atoms with Gasteiger partial charge < -0.3 is 18.9 Å². The largest absolute Gasteiger partial charge is 0.493 e. The summed E-state index contributed by atoms with van der Waals surface area (Å²) >= 11 is 6.91. The van der Waals surface area contributed by atoms with E-state index in [0.717, 1.165) is 8.04 Å². The van der Waals surface area contributed by atoms with E-state index in [4.69, 9.17) is 25.4 Å². The summed E-state index contributed by atoms with van der Waals surface area (Å²) in [6, 6.07) is 8.34. The molecule has 1 aliphatic heterocycles. The lowest BCUT2D eigenvalue weighted by molar-refractivity contribution is -0.139. The zero-order chi connectivity index (χ0) is 29.8. The Kier molecular flexibility index (Phi) is 9.99. The molecule has 8 nitrogen and oxygen atoms in total. The number of carbonyl (C=O) groups excluding carboxylic acids is 1. The van der Waals surface area contributed by atoms with Gasteiger partial charge in [0.15, 0.2) is 16.3 Å². The number of benzene rings is 2. The minimum absolute atomic E-state index is 0.0692. The first-order valence-electron chi connectivity index (χ1n) is 12.7. The van der Waals surface area contributed by atoms with Crippen molar-refractivity contribution in [2.45, 2.75) is 39.8 Å². The van der Waals surface area contributed by atoms with E-state index in [1.54, 1.807) is 39.2 Å². The number of rotatable bonds is 9. The maximum absolute atomic E-state index is 14.1. The predicted octanol–water partition coefficient (Wildman–Crippen LogP) is 4.97. The molecule has 0 N–H and O–H groups in total. The van der Waals surface area contributed by atoms with Gasteiger partial charge in [0.1, 0.15) is 12.4 Å². The predicted molar refractivity (Wildman–Crippen MR) is 170 cm³/mol. The highest BCUT2D eigenvalue weighted by Gasteiger charge is 2.34. The Morgan fingerprint density at radius 2 is 2.05 bits per heavy atom. The number of allylic oxidation sites excluding steroid dienone is 1. The molecule has 0 radical (unpaired) electrons. The van der Waals surface area contributed by atoms with Crippen LogP contribution in [-0.4, -0.2) is 37.0 Å². The number of thiazole rings is 1. The second-order valence-electron chi connectivity index (χ2n) is 9.18.